The summed E-state index contributed by atoms with van der Waals surface area (Å²) in [6.07, 6.45) is 2.74. The largest absolute Gasteiger partial charge is 0.493 e. The molecule has 0 atom stereocenters. The molecule has 1 fully saturated rings. The number of aryl methyl sites for hydroxylation is 2. The van der Waals surface area contributed by atoms with E-state index in [-0.39, 0.29) is 43.3 Å². The van der Waals surface area contributed by atoms with Crippen LogP contribution in [0.15, 0.2) is 41.3 Å². The highest BCUT2D eigenvalue weighted by Gasteiger charge is 2.32. The van der Waals surface area contributed by atoms with E-state index in [1.165, 1.54) is 6.07 Å². The monoisotopic (exact) mass is 1140 g/mol. The molecule has 0 aromatic heterocycles. The van der Waals surface area contributed by atoms with Crippen molar-refractivity contribution in [3.63, 3.8) is 0 Å². The van der Waals surface area contributed by atoms with Crippen molar-refractivity contribution < 1.29 is 98.6 Å². The Labute approximate surface area is 462 Å². The molecular weight excluding hydrogens is 1060 g/mol. The number of amides is 3. The highest BCUT2D eigenvalue weighted by Crippen LogP contribution is 2.43. The molecule has 1 saturated heterocycles. The minimum absolute atomic E-state index is 0.0256. The molecule has 79 heavy (non-hydrogen) atoms. The number of imide groups is 1. The molecule has 0 saturated carbocycles. The van der Waals surface area contributed by atoms with E-state index in [1.807, 2.05) is 38.1 Å². The lowest BCUT2D eigenvalue weighted by atomic mass is 9.90. The third-order valence-electron chi connectivity index (χ3n) is 12.1. The molecule has 3 amide bonds. The number of ether oxygens (including phenoxy) is 13. The van der Waals surface area contributed by atoms with Gasteiger partial charge in [0.05, 0.1) is 172 Å². The average Bonchev–Trinajstić information content (AvgIpc) is 3.91. The van der Waals surface area contributed by atoms with E-state index in [1.54, 1.807) is 6.07 Å². The number of hydrogen-bond acceptors (Lipinski definition) is 20. The minimum Gasteiger partial charge on any atom is -0.493 e. The summed E-state index contributed by atoms with van der Waals surface area (Å²) in [6.45, 7) is 14.5. The van der Waals surface area contributed by atoms with Crippen LogP contribution in [-0.2, 0) is 91.0 Å². The van der Waals surface area contributed by atoms with Crippen molar-refractivity contribution in [1.29, 1.82) is 0 Å². The van der Waals surface area contributed by atoms with E-state index in [9.17, 15) is 32.1 Å². The Morgan fingerprint density at radius 2 is 0.861 bits per heavy atom. The predicted molar refractivity (Wildman–Crippen MR) is 288 cm³/mol. The molecule has 4 aromatic carbocycles. The van der Waals surface area contributed by atoms with Crippen LogP contribution < -0.4 is 10.1 Å². The predicted octanol–water partition coefficient (Wildman–Crippen LogP) is 4.70. The number of rotatable bonds is 48. The van der Waals surface area contributed by atoms with Crippen molar-refractivity contribution in [2.24, 2.45) is 0 Å². The minimum atomic E-state index is -4.42. The molecule has 4 aromatic rings. The van der Waals surface area contributed by atoms with Crippen LogP contribution in [0.25, 0.3) is 32.3 Å². The lowest BCUT2D eigenvalue weighted by molar-refractivity contribution is -0.198. The SMILES string of the molecule is Cc1cc(OCCCCCC(=O)NCCOCCOCCOCCOCCOCCOCCOCCOCCOCCOCCOCCOCCC(=O)ON2C(=O)CCC2=O)c2ccc3c(S(=O)(=O)O)cc(C)c4ccc1c2c43. The van der Waals surface area contributed by atoms with Crippen LogP contribution in [0.2, 0.25) is 0 Å². The maximum atomic E-state index is 12.3. The van der Waals surface area contributed by atoms with E-state index in [0.29, 0.717) is 181 Å². The average molecular weight is 1140 g/mol. The van der Waals surface area contributed by atoms with Gasteiger partial charge in [-0.3, -0.25) is 18.9 Å². The Balaban J connectivity index is 0.685. The summed E-state index contributed by atoms with van der Waals surface area (Å²) >= 11 is 0. The molecule has 0 bridgehead atoms. The molecule has 1 aliphatic rings. The van der Waals surface area contributed by atoms with E-state index in [2.05, 4.69) is 5.32 Å². The lowest BCUT2D eigenvalue weighted by Gasteiger charge is -2.18. The van der Waals surface area contributed by atoms with E-state index >= 15 is 0 Å². The number of benzene rings is 4. The van der Waals surface area contributed by atoms with Crippen molar-refractivity contribution in [2.45, 2.75) is 63.7 Å². The van der Waals surface area contributed by atoms with Gasteiger partial charge < -0.3 is 71.7 Å². The summed E-state index contributed by atoms with van der Waals surface area (Å²) in [4.78, 5) is 51.6. The molecule has 24 heteroatoms. The molecule has 0 unspecified atom stereocenters. The van der Waals surface area contributed by atoms with Gasteiger partial charge >= 0.3 is 5.97 Å². The van der Waals surface area contributed by atoms with Gasteiger partial charge in [-0.1, -0.05) is 18.2 Å². The third kappa shape index (κ3) is 24.5. The first-order chi connectivity index (χ1) is 38.5. The molecule has 2 N–H and O–H groups in total. The van der Waals surface area contributed by atoms with Gasteiger partial charge in [-0.25, -0.2) is 4.79 Å². The maximum absolute atomic E-state index is 12.3. The summed E-state index contributed by atoms with van der Waals surface area (Å²) in [6, 6.07) is 11.2. The second-order valence-electron chi connectivity index (χ2n) is 18.1. The molecule has 0 spiro atoms. The number of nitrogens with zero attached hydrogens (tertiary/aromatic N) is 1. The highest BCUT2D eigenvalue weighted by molar-refractivity contribution is 7.86. The standard InChI is InChI=1S/C55H80N2O21S/c1-42-40-48(46-9-10-47-49(79(62,63)64)41-43(2)45-8-7-44(42)54(46)55(45)47)77-15-5-3-4-6-50(58)56-14-17-66-19-21-68-23-25-70-27-29-72-31-33-74-35-37-76-39-38-75-36-34-73-32-30-71-28-26-69-24-22-67-20-18-65-16-13-53(61)78-57-51(59)11-12-52(57)60/h7-10,40-41H,3-6,11-39H2,1-2H3,(H,56,58)(H,62,63,64). The van der Waals surface area contributed by atoms with Gasteiger partial charge in [0.1, 0.15) is 10.6 Å². The van der Waals surface area contributed by atoms with Gasteiger partial charge in [-0.2, -0.15) is 8.42 Å². The van der Waals surface area contributed by atoms with E-state index in [4.69, 9.17) is 66.4 Å². The van der Waals surface area contributed by atoms with Gasteiger partial charge in [0.2, 0.25) is 5.91 Å². The summed E-state index contributed by atoms with van der Waals surface area (Å²) < 4.78 is 107. The van der Waals surface area contributed by atoms with Crippen molar-refractivity contribution >= 4 is 66.1 Å². The molecule has 23 nitrogen and oxygen atoms in total. The Morgan fingerprint density at radius 3 is 1.30 bits per heavy atom. The van der Waals surface area contributed by atoms with Crippen LogP contribution in [0, 0.1) is 13.8 Å². The Bertz CT molecular complexity index is 2510. The van der Waals surface area contributed by atoms with Crippen LogP contribution in [-0.4, -0.2) is 213 Å². The Hall–Kier alpha value is -4.77. The van der Waals surface area contributed by atoms with Crippen LogP contribution in [0.1, 0.15) is 56.1 Å². The molecule has 5 rings (SSSR count). The Morgan fingerprint density at radius 1 is 0.481 bits per heavy atom. The van der Waals surface area contributed by atoms with Crippen LogP contribution in [0.5, 0.6) is 5.75 Å². The zero-order valence-electron chi connectivity index (χ0n) is 45.8. The summed E-state index contributed by atoms with van der Waals surface area (Å²) in [7, 11) is -4.42. The zero-order chi connectivity index (χ0) is 56.3. The van der Waals surface area contributed by atoms with Gasteiger partial charge in [-0.05, 0) is 78.6 Å². The maximum Gasteiger partial charge on any atom is 0.335 e. The van der Waals surface area contributed by atoms with Crippen LogP contribution >= 0.6 is 0 Å². The van der Waals surface area contributed by atoms with Gasteiger partial charge in [0.15, 0.2) is 0 Å². The van der Waals surface area contributed by atoms with Crippen molar-refractivity contribution in [2.75, 3.05) is 172 Å². The van der Waals surface area contributed by atoms with E-state index < -0.39 is 27.9 Å². The first-order valence-electron chi connectivity index (χ1n) is 27.0. The molecule has 1 aliphatic heterocycles. The number of hydrogen-bond donors (Lipinski definition) is 2. The number of hydroxylamine groups is 2. The van der Waals surface area contributed by atoms with Crippen molar-refractivity contribution in [3.05, 3.63) is 47.5 Å². The van der Waals surface area contributed by atoms with E-state index in [0.717, 1.165) is 57.3 Å². The van der Waals surface area contributed by atoms with Gasteiger partial charge in [0, 0.05) is 42.0 Å². The van der Waals surface area contributed by atoms with Gasteiger partial charge in [0.25, 0.3) is 21.9 Å². The second kappa shape index (κ2) is 38.0. The number of carbonyl (C=O) groups excluding carboxylic acids is 4. The number of carbonyl (C=O) groups is 4. The van der Waals surface area contributed by atoms with Crippen molar-refractivity contribution in [1.82, 2.24) is 10.4 Å². The quantitative estimate of drug-likeness (QED) is 0.0263. The first kappa shape index (κ1) is 65.0. The summed E-state index contributed by atoms with van der Waals surface area (Å²) in [5.41, 5.74) is 1.77. The third-order valence-corrected chi connectivity index (χ3v) is 13.0. The molecule has 0 aliphatic carbocycles. The lowest BCUT2D eigenvalue weighted by Crippen LogP contribution is -2.32. The molecular formula is C55H80N2O21S. The fourth-order valence-corrected chi connectivity index (χ4v) is 8.95. The zero-order valence-corrected chi connectivity index (χ0v) is 46.6. The number of unbranched alkanes of at least 4 members (excludes halogenated alkanes) is 2. The summed E-state index contributed by atoms with van der Waals surface area (Å²) in [5.74, 6) is -1.05. The smallest absolute Gasteiger partial charge is 0.335 e. The summed E-state index contributed by atoms with van der Waals surface area (Å²) in [5, 5.41) is 8.41. The highest BCUT2D eigenvalue weighted by atomic mass is 32.2. The Kier molecular flexibility index (Phi) is 31.3. The first-order valence-corrected chi connectivity index (χ1v) is 28.5. The fraction of sp³-hybridized carbons (Fsp3) is 0.636. The second-order valence-corrected chi connectivity index (χ2v) is 19.5. The van der Waals surface area contributed by atoms with Crippen LogP contribution in [0.3, 0.4) is 0 Å². The number of nitrogens with one attached hydrogen (secondary N) is 1. The molecule has 442 valence electrons. The normalized spacial score (nSPS) is 13.0. The molecule has 1 heterocycles. The van der Waals surface area contributed by atoms with Crippen molar-refractivity contribution in [3.8, 4) is 5.75 Å². The van der Waals surface area contributed by atoms with Gasteiger partial charge in [-0.15, -0.1) is 5.06 Å². The fourth-order valence-electron chi connectivity index (χ4n) is 8.18. The molecule has 0 radical (unpaired) electrons. The van der Waals surface area contributed by atoms with Crippen LogP contribution in [0.4, 0.5) is 0 Å². The topological polar surface area (TPSA) is 267 Å².